The van der Waals surface area contributed by atoms with Crippen LogP contribution in [0.3, 0.4) is 0 Å². The molecule has 4 nitrogen and oxygen atoms in total. The number of rotatable bonds is 0. The Morgan fingerprint density at radius 1 is 0.529 bits per heavy atom. The van der Waals surface area contributed by atoms with Gasteiger partial charge in [-0.2, -0.15) is 0 Å². The topological polar surface area (TPSA) is 103 Å². The molecule has 0 atom stereocenters. The van der Waals surface area contributed by atoms with Gasteiger partial charge in [-0.1, -0.05) is 36.4 Å². The molecule has 17 heavy (non-hydrogen) atoms. The van der Waals surface area contributed by atoms with Gasteiger partial charge in [0.1, 0.15) is 11.5 Å². The number of benzene rings is 2. The third-order valence-electron chi connectivity index (χ3n) is 1.51. The zero-order valence-corrected chi connectivity index (χ0v) is 10.7. The van der Waals surface area contributed by atoms with Crippen molar-refractivity contribution in [3.05, 3.63) is 60.7 Å². The molecule has 2 aromatic carbocycles. The fourth-order valence-electron chi connectivity index (χ4n) is 0.856. The number of phenols is 2. The van der Waals surface area contributed by atoms with Gasteiger partial charge in [0.15, 0.2) is 0 Å². The van der Waals surface area contributed by atoms with Gasteiger partial charge >= 0.3 is 0 Å². The van der Waals surface area contributed by atoms with Crippen LogP contribution < -0.4 is 0 Å². The maximum absolute atomic E-state index is 8.63. The summed E-state index contributed by atoms with van der Waals surface area (Å²) in [4.78, 5) is 0. The van der Waals surface area contributed by atoms with E-state index in [1.165, 1.54) is 0 Å². The first-order valence-electron chi connectivity index (χ1n) is 4.27. The molecular weight excluding hydrogens is 256 g/mol. The van der Waals surface area contributed by atoms with E-state index in [0.29, 0.717) is 11.5 Å². The zero-order valence-electron chi connectivity index (χ0n) is 9.17. The van der Waals surface area contributed by atoms with Crippen molar-refractivity contribution in [2.75, 3.05) is 0 Å². The molecule has 0 amide bonds. The van der Waals surface area contributed by atoms with Gasteiger partial charge in [-0.05, 0) is 24.3 Å². The Morgan fingerprint density at radius 2 is 0.765 bits per heavy atom. The molecule has 0 aliphatic heterocycles. The Labute approximate surface area is 115 Å². The van der Waals surface area contributed by atoms with Gasteiger partial charge in [0, 0.05) is 21.7 Å². The van der Waals surface area contributed by atoms with E-state index in [1.54, 1.807) is 48.5 Å². The van der Waals surface area contributed by atoms with Gasteiger partial charge in [0.05, 0.1) is 0 Å². The van der Waals surface area contributed by atoms with Crippen molar-refractivity contribution in [2.45, 2.75) is 0 Å². The first-order chi connectivity index (χ1) is 6.79. The molecule has 0 aliphatic rings. The molecule has 0 saturated heterocycles. The average molecular weight is 272 g/mol. The fourth-order valence-corrected chi connectivity index (χ4v) is 0.856. The maximum Gasteiger partial charge on any atom is 0.115 e. The summed E-state index contributed by atoms with van der Waals surface area (Å²) in [5.74, 6) is 0.644. The van der Waals surface area contributed by atoms with E-state index in [-0.39, 0.29) is 32.7 Å². The van der Waals surface area contributed by atoms with Crippen molar-refractivity contribution in [3.63, 3.8) is 0 Å². The summed E-state index contributed by atoms with van der Waals surface area (Å²) >= 11 is 0. The van der Waals surface area contributed by atoms with Gasteiger partial charge in [-0.15, -0.1) is 0 Å². The van der Waals surface area contributed by atoms with Gasteiger partial charge < -0.3 is 21.2 Å². The minimum atomic E-state index is 0. The van der Waals surface area contributed by atoms with E-state index in [4.69, 9.17) is 10.2 Å². The molecule has 0 aliphatic carbocycles. The van der Waals surface area contributed by atoms with Crippen LogP contribution in [0, 0.1) is 0 Å². The number of aromatic hydroxyl groups is 2. The van der Waals surface area contributed by atoms with E-state index < -0.39 is 0 Å². The Kier molecular flexibility index (Phi) is 15.7. The third-order valence-corrected chi connectivity index (χ3v) is 1.51. The molecule has 92 valence electrons. The molecule has 0 aromatic heterocycles. The number of phenolic OH excluding ortho intramolecular Hbond substituents is 2. The van der Waals surface area contributed by atoms with Crippen LogP contribution in [0.1, 0.15) is 0 Å². The Bertz CT molecular complexity index is 316. The second kappa shape index (κ2) is 12.7. The summed E-state index contributed by atoms with van der Waals surface area (Å²) in [5.41, 5.74) is 0. The summed E-state index contributed by atoms with van der Waals surface area (Å²) in [6.07, 6.45) is 0. The Balaban J connectivity index is -0.000000196. The van der Waals surface area contributed by atoms with Crippen molar-refractivity contribution < 1.29 is 42.9 Å². The fraction of sp³-hybridized carbons (Fsp3) is 0. The number of hydrogen-bond acceptors (Lipinski definition) is 2. The van der Waals surface area contributed by atoms with Crippen molar-refractivity contribution in [1.82, 2.24) is 0 Å². The van der Waals surface area contributed by atoms with Crippen LogP contribution in [0.25, 0.3) is 0 Å². The van der Waals surface area contributed by atoms with Gasteiger partial charge in [0.25, 0.3) is 0 Å². The van der Waals surface area contributed by atoms with Crippen LogP contribution in [0.15, 0.2) is 60.7 Å². The second-order valence-electron chi connectivity index (χ2n) is 2.67. The SMILES string of the molecule is O.O.Oc1ccccc1.Oc1ccccc1.[Ti]. The molecule has 0 heterocycles. The minimum absolute atomic E-state index is 0. The van der Waals surface area contributed by atoms with E-state index >= 15 is 0 Å². The smallest absolute Gasteiger partial charge is 0.115 e. The van der Waals surface area contributed by atoms with E-state index in [2.05, 4.69) is 0 Å². The monoisotopic (exact) mass is 272 g/mol. The Morgan fingerprint density at radius 3 is 0.882 bits per heavy atom. The standard InChI is InChI=1S/2C6H6O.2H2O.Ti/c2*7-6-4-2-1-3-5-6;;;/h2*1-5,7H;2*1H2;. The largest absolute Gasteiger partial charge is 0.508 e. The van der Waals surface area contributed by atoms with Gasteiger partial charge in [-0.25, -0.2) is 0 Å². The molecule has 2 rings (SSSR count). The van der Waals surface area contributed by atoms with Crippen LogP contribution in [-0.2, 0) is 21.7 Å². The molecule has 0 radical (unpaired) electrons. The van der Waals surface area contributed by atoms with Crippen molar-refractivity contribution in [2.24, 2.45) is 0 Å². The summed E-state index contributed by atoms with van der Waals surface area (Å²) in [5, 5.41) is 17.3. The van der Waals surface area contributed by atoms with E-state index in [0.717, 1.165) is 0 Å². The molecular formula is C12H16O4Ti. The molecule has 5 heteroatoms. The number of hydrogen-bond donors (Lipinski definition) is 2. The van der Waals surface area contributed by atoms with Crippen LogP contribution in [0.2, 0.25) is 0 Å². The predicted octanol–water partition coefficient (Wildman–Crippen LogP) is 1.13. The van der Waals surface area contributed by atoms with Crippen molar-refractivity contribution in [3.8, 4) is 11.5 Å². The minimum Gasteiger partial charge on any atom is -0.508 e. The van der Waals surface area contributed by atoms with Crippen LogP contribution in [0.4, 0.5) is 0 Å². The van der Waals surface area contributed by atoms with Gasteiger partial charge in [-0.3, -0.25) is 0 Å². The third kappa shape index (κ3) is 10.9. The Hall–Kier alpha value is -1.33. The predicted molar refractivity (Wildman–Crippen MR) is 63.4 cm³/mol. The average Bonchev–Trinajstić information content (AvgIpc) is 2.21. The zero-order chi connectivity index (χ0) is 10.2. The summed E-state index contributed by atoms with van der Waals surface area (Å²) < 4.78 is 0. The van der Waals surface area contributed by atoms with Gasteiger partial charge in [0.2, 0.25) is 0 Å². The molecule has 0 saturated carbocycles. The molecule has 0 fully saturated rings. The first kappa shape index (κ1) is 21.0. The summed E-state index contributed by atoms with van der Waals surface area (Å²) in [7, 11) is 0. The molecule has 0 bridgehead atoms. The van der Waals surface area contributed by atoms with Crippen LogP contribution >= 0.6 is 0 Å². The summed E-state index contributed by atoms with van der Waals surface area (Å²) in [6, 6.07) is 17.4. The maximum atomic E-state index is 8.63. The first-order valence-corrected chi connectivity index (χ1v) is 4.27. The van der Waals surface area contributed by atoms with Crippen molar-refractivity contribution in [1.29, 1.82) is 0 Å². The normalized spacial score (nSPS) is 7.06. The van der Waals surface area contributed by atoms with Crippen LogP contribution in [0.5, 0.6) is 11.5 Å². The number of para-hydroxylation sites is 2. The molecule has 6 N–H and O–H groups in total. The molecule has 0 spiro atoms. The van der Waals surface area contributed by atoms with E-state index in [1.807, 2.05) is 12.1 Å². The summed E-state index contributed by atoms with van der Waals surface area (Å²) in [6.45, 7) is 0. The molecule has 2 aromatic rings. The molecule has 0 unspecified atom stereocenters. The van der Waals surface area contributed by atoms with Crippen molar-refractivity contribution >= 4 is 0 Å². The second-order valence-corrected chi connectivity index (χ2v) is 2.67. The van der Waals surface area contributed by atoms with Crippen LogP contribution in [-0.4, -0.2) is 21.2 Å². The van der Waals surface area contributed by atoms with E-state index in [9.17, 15) is 0 Å². The quantitative estimate of drug-likeness (QED) is 0.702.